The van der Waals surface area contributed by atoms with Crippen LogP contribution in [0.4, 0.5) is 15.8 Å². The number of carbonyl (C=O) groups excluding carboxylic acids is 2. The Balaban J connectivity index is 2.42. The molecule has 1 aliphatic rings. The standard InChI is InChI=1S/C20H23FN2O2/c1-5-8-15(13(6-2)7-3)20(25)22-16-11-14-9-10-17(24)23-19(14)12(4)18(16)21/h5-6,8,11H,2,7,9-10H2,1,3-4H3,(H,22,25)(H,23,24)/b8-5-,15-13-. The van der Waals surface area contributed by atoms with Crippen LogP contribution in [0, 0.1) is 12.7 Å². The molecule has 0 saturated heterocycles. The zero-order chi connectivity index (χ0) is 18.6. The lowest BCUT2D eigenvalue weighted by Gasteiger charge is -2.21. The van der Waals surface area contributed by atoms with Crippen LogP contribution in [0.1, 0.15) is 37.8 Å². The summed E-state index contributed by atoms with van der Waals surface area (Å²) in [6.07, 6.45) is 6.62. The second-order valence-corrected chi connectivity index (χ2v) is 5.90. The Bertz CT molecular complexity index is 791. The number of amides is 2. The fourth-order valence-electron chi connectivity index (χ4n) is 2.90. The van der Waals surface area contributed by atoms with Crippen molar-refractivity contribution in [3.05, 3.63) is 59.0 Å². The summed E-state index contributed by atoms with van der Waals surface area (Å²) in [4.78, 5) is 24.2. The molecule has 0 unspecified atom stereocenters. The van der Waals surface area contributed by atoms with Crippen molar-refractivity contribution in [1.82, 2.24) is 0 Å². The lowest BCUT2D eigenvalue weighted by atomic mass is 9.97. The molecule has 1 aromatic rings. The van der Waals surface area contributed by atoms with E-state index in [0.717, 1.165) is 11.1 Å². The minimum absolute atomic E-state index is 0.122. The highest BCUT2D eigenvalue weighted by atomic mass is 19.1. The summed E-state index contributed by atoms with van der Waals surface area (Å²) < 4.78 is 14.7. The minimum Gasteiger partial charge on any atom is -0.325 e. The van der Waals surface area contributed by atoms with E-state index in [1.165, 1.54) is 0 Å². The van der Waals surface area contributed by atoms with Gasteiger partial charge < -0.3 is 10.6 Å². The first-order valence-corrected chi connectivity index (χ1v) is 8.34. The summed E-state index contributed by atoms with van der Waals surface area (Å²) in [5.41, 5.74) is 3.04. The molecule has 0 aliphatic carbocycles. The first-order chi connectivity index (χ1) is 11.9. The number of anilines is 2. The van der Waals surface area contributed by atoms with E-state index in [1.54, 1.807) is 31.2 Å². The van der Waals surface area contributed by atoms with E-state index in [2.05, 4.69) is 17.2 Å². The maximum atomic E-state index is 14.7. The number of allylic oxidation sites excluding steroid dienone is 3. The molecule has 0 atom stereocenters. The molecule has 25 heavy (non-hydrogen) atoms. The van der Waals surface area contributed by atoms with Crippen LogP contribution < -0.4 is 10.6 Å². The number of carbonyl (C=O) groups is 2. The van der Waals surface area contributed by atoms with Crippen LogP contribution in [0.2, 0.25) is 0 Å². The molecule has 0 fully saturated rings. The molecule has 0 spiro atoms. The van der Waals surface area contributed by atoms with E-state index in [0.29, 0.717) is 36.1 Å². The molecule has 4 nitrogen and oxygen atoms in total. The predicted molar refractivity (Wildman–Crippen MR) is 99.0 cm³/mol. The van der Waals surface area contributed by atoms with Crippen LogP contribution in [0.25, 0.3) is 0 Å². The second kappa shape index (κ2) is 7.92. The van der Waals surface area contributed by atoms with Gasteiger partial charge in [0.1, 0.15) is 0 Å². The normalized spacial score (nSPS) is 14.6. The number of benzene rings is 1. The van der Waals surface area contributed by atoms with E-state index in [-0.39, 0.29) is 17.5 Å². The summed E-state index contributed by atoms with van der Waals surface area (Å²) in [5, 5.41) is 5.37. The zero-order valence-electron chi connectivity index (χ0n) is 14.8. The number of hydrogen-bond donors (Lipinski definition) is 2. The van der Waals surface area contributed by atoms with E-state index in [1.807, 2.05) is 13.8 Å². The fourth-order valence-corrected chi connectivity index (χ4v) is 2.90. The average molecular weight is 342 g/mol. The Morgan fingerprint density at radius 2 is 2.16 bits per heavy atom. The highest BCUT2D eigenvalue weighted by Gasteiger charge is 2.22. The van der Waals surface area contributed by atoms with Crippen molar-refractivity contribution in [1.29, 1.82) is 0 Å². The van der Waals surface area contributed by atoms with Gasteiger partial charge in [-0.05, 0) is 43.9 Å². The van der Waals surface area contributed by atoms with Crippen molar-refractivity contribution in [2.75, 3.05) is 10.6 Å². The molecule has 0 radical (unpaired) electrons. The van der Waals surface area contributed by atoms with Gasteiger partial charge in [-0.2, -0.15) is 0 Å². The molecule has 1 aliphatic heterocycles. The van der Waals surface area contributed by atoms with Crippen LogP contribution in [-0.2, 0) is 16.0 Å². The summed E-state index contributed by atoms with van der Waals surface area (Å²) in [6.45, 7) is 9.08. The molecule has 2 amide bonds. The van der Waals surface area contributed by atoms with Gasteiger partial charge in [-0.3, -0.25) is 9.59 Å². The number of rotatable bonds is 5. The number of nitrogens with one attached hydrogen (secondary N) is 2. The molecular weight excluding hydrogens is 319 g/mol. The molecule has 1 aromatic carbocycles. The summed E-state index contributed by atoms with van der Waals surface area (Å²) in [7, 11) is 0. The van der Waals surface area contributed by atoms with Crippen molar-refractivity contribution in [3.63, 3.8) is 0 Å². The molecule has 0 aromatic heterocycles. The Hall–Kier alpha value is -2.69. The van der Waals surface area contributed by atoms with Crippen molar-refractivity contribution in [2.45, 2.75) is 40.0 Å². The second-order valence-electron chi connectivity index (χ2n) is 5.90. The van der Waals surface area contributed by atoms with Crippen LogP contribution in [-0.4, -0.2) is 11.8 Å². The summed E-state index contributed by atoms with van der Waals surface area (Å²) in [5.74, 6) is -1.04. The third-order valence-electron chi connectivity index (χ3n) is 4.27. The molecule has 1 heterocycles. The number of fused-ring (bicyclic) bond motifs is 1. The van der Waals surface area contributed by atoms with Gasteiger partial charge in [-0.25, -0.2) is 4.39 Å². The van der Waals surface area contributed by atoms with Crippen molar-refractivity contribution in [3.8, 4) is 0 Å². The Labute approximate surface area is 147 Å². The van der Waals surface area contributed by atoms with Gasteiger partial charge in [0.25, 0.3) is 5.91 Å². The molecule has 132 valence electrons. The first kappa shape index (κ1) is 18.6. The first-order valence-electron chi connectivity index (χ1n) is 8.34. The van der Waals surface area contributed by atoms with Crippen molar-refractivity contribution >= 4 is 23.2 Å². The topological polar surface area (TPSA) is 58.2 Å². The minimum atomic E-state index is -0.536. The van der Waals surface area contributed by atoms with Crippen molar-refractivity contribution in [2.24, 2.45) is 0 Å². The monoisotopic (exact) mass is 342 g/mol. The number of aryl methyl sites for hydroxylation is 1. The van der Waals surface area contributed by atoms with Crippen LogP contribution >= 0.6 is 0 Å². The van der Waals surface area contributed by atoms with Gasteiger partial charge in [-0.1, -0.05) is 31.7 Å². The predicted octanol–water partition coefficient (Wildman–Crippen LogP) is 4.43. The molecule has 0 bridgehead atoms. The lowest BCUT2D eigenvalue weighted by molar-refractivity contribution is -0.116. The summed E-state index contributed by atoms with van der Waals surface area (Å²) in [6, 6.07) is 1.60. The summed E-state index contributed by atoms with van der Waals surface area (Å²) >= 11 is 0. The third-order valence-corrected chi connectivity index (χ3v) is 4.27. The highest BCUT2D eigenvalue weighted by molar-refractivity contribution is 6.07. The Morgan fingerprint density at radius 1 is 1.44 bits per heavy atom. The van der Waals surface area contributed by atoms with Gasteiger partial charge in [0.05, 0.1) is 5.69 Å². The third kappa shape index (κ3) is 3.87. The fraction of sp³-hybridized carbons (Fsp3) is 0.300. The Morgan fingerprint density at radius 3 is 2.76 bits per heavy atom. The SMILES string of the molecule is C=C/C(CC)=C(\C=C/C)C(=O)Nc1cc2c(c(C)c1F)NC(=O)CC2. The molecule has 0 saturated carbocycles. The molecule has 2 N–H and O–H groups in total. The van der Waals surface area contributed by atoms with Crippen LogP contribution in [0.15, 0.2) is 42.0 Å². The van der Waals surface area contributed by atoms with E-state index >= 15 is 0 Å². The maximum Gasteiger partial charge on any atom is 0.256 e. The van der Waals surface area contributed by atoms with Gasteiger partial charge in [-0.15, -0.1) is 0 Å². The quantitative estimate of drug-likeness (QED) is 0.614. The maximum absolute atomic E-state index is 14.7. The van der Waals surface area contributed by atoms with Gasteiger partial charge in [0.2, 0.25) is 5.91 Å². The van der Waals surface area contributed by atoms with Gasteiger partial charge in [0, 0.05) is 23.2 Å². The Kier molecular flexibility index (Phi) is 5.91. The molecule has 2 rings (SSSR count). The van der Waals surface area contributed by atoms with Crippen molar-refractivity contribution < 1.29 is 14.0 Å². The van der Waals surface area contributed by atoms with Crippen LogP contribution in [0.5, 0.6) is 0 Å². The largest absolute Gasteiger partial charge is 0.325 e. The van der Waals surface area contributed by atoms with E-state index in [9.17, 15) is 14.0 Å². The number of halogens is 1. The number of hydrogen-bond acceptors (Lipinski definition) is 2. The van der Waals surface area contributed by atoms with E-state index in [4.69, 9.17) is 0 Å². The van der Waals surface area contributed by atoms with Gasteiger partial charge >= 0.3 is 0 Å². The van der Waals surface area contributed by atoms with Gasteiger partial charge in [0.15, 0.2) is 5.82 Å². The molecule has 5 heteroatoms. The zero-order valence-corrected chi connectivity index (χ0v) is 14.8. The smallest absolute Gasteiger partial charge is 0.256 e. The lowest BCUT2D eigenvalue weighted by Crippen LogP contribution is -2.22. The highest BCUT2D eigenvalue weighted by Crippen LogP contribution is 2.33. The molecular formula is C20H23FN2O2. The average Bonchev–Trinajstić information content (AvgIpc) is 2.60. The van der Waals surface area contributed by atoms with E-state index < -0.39 is 5.82 Å². The van der Waals surface area contributed by atoms with Crippen LogP contribution in [0.3, 0.4) is 0 Å².